The van der Waals surface area contributed by atoms with E-state index < -0.39 is 12.0 Å². The van der Waals surface area contributed by atoms with Crippen molar-refractivity contribution in [3.05, 3.63) is 0 Å². The smallest absolute Gasteiger partial charge is 0.326 e. The lowest BCUT2D eigenvalue weighted by atomic mass is 10.1. The molecule has 1 aliphatic heterocycles. The van der Waals surface area contributed by atoms with Gasteiger partial charge in [0, 0.05) is 19.1 Å². The summed E-state index contributed by atoms with van der Waals surface area (Å²) >= 11 is 1.29. The quantitative estimate of drug-likeness (QED) is 0.760. The SMILES string of the molecule is CC(C(=O)O)N(C(=O)CSCC(=O)N1CCCCC1)C1CC1. The fourth-order valence-electron chi connectivity index (χ4n) is 2.74. The molecule has 1 atom stereocenters. The van der Waals surface area contributed by atoms with Gasteiger partial charge in [0.05, 0.1) is 11.5 Å². The number of piperidine rings is 1. The van der Waals surface area contributed by atoms with Crippen LogP contribution in [0, 0.1) is 0 Å². The number of carbonyl (C=O) groups is 3. The number of hydrogen-bond donors (Lipinski definition) is 1. The lowest BCUT2D eigenvalue weighted by molar-refractivity contribution is -0.148. The Morgan fingerprint density at radius 3 is 2.36 bits per heavy atom. The highest BCUT2D eigenvalue weighted by Gasteiger charge is 2.38. The number of amides is 2. The Kier molecular flexibility index (Phi) is 6.11. The highest BCUT2D eigenvalue weighted by Crippen LogP contribution is 2.29. The van der Waals surface area contributed by atoms with Crippen LogP contribution >= 0.6 is 11.8 Å². The largest absolute Gasteiger partial charge is 0.480 e. The van der Waals surface area contributed by atoms with E-state index in [-0.39, 0.29) is 23.6 Å². The maximum atomic E-state index is 12.2. The number of rotatable bonds is 7. The van der Waals surface area contributed by atoms with Gasteiger partial charge in [0.1, 0.15) is 6.04 Å². The number of thioether (sulfide) groups is 1. The second-order valence-corrected chi connectivity index (χ2v) is 6.97. The molecule has 1 saturated heterocycles. The average molecular weight is 328 g/mol. The molecular weight excluding hydrogens is 304 g/mol. The summed E-state index contributed by atoms with van der Waals surface area (Å²) in [6.07, 6.45) is 5.04. The maximum Gasteiger partial charge on any atom is 0.326 e. The molecular formula is C15H24N2O4S. The summed E-state index contributed by atoms with van der Waals surface area (Å²) in [5, 5.41) is 9.10. The molecule has 2 aliphatic rings. The van der Waals surface area contributed by atoms with Crippen LogP contribution in [0.4, 0.5) is 0 Å². The van der Waals surface area contributed by atoms with Gasteiger partial charge in [-0.15, -0.1) is 11.8 Å². The Bertz CT molecular complexity index is 433. The van der Waals surface area contributed by atoms with Gasteiger partial charge in [-0.3, -0.25) is 9.59 Å². The molecule has 7 heteroatoms. The van der Waals surface area contributed by atoms with Gasteiger partial charge in [-0.1, -0.05) is 0 Å². The van der Waals surface area contributed by atoms with E-state index >= 15 is 0 Å². The van der Waals surface area contributed by atoms with Gasteiger partial charge in [-0.25, -0.2) is 4.79 Å². The molecule has 0 aromatic carbocycles. The van der Waals surface area contributed by atoms with Gasteiger partial charge >= 0.3 is 5.97 Å². The normalized spacial score (nSPS) is 19.6. The molecule has 2 rings (SSSR count). The van der Waals surface area contributed by atoms with E-state index in [9.17, 15) is 14.4 Å². The highest BCUT2D eigenvalue weighted by atomic mass is 32.2. The number of nitrogens with zero attached hydrogens (tertiary/aromatic N) is 2. The van der Waals surface area contributed by atoms with Crippen LogP contribution in [-0.4, -0.2) is 69.4 Å². The van der Waals surface area contributed by atoms with E-state index in [1.807, 2.05) is 4.90 Å². The summed E-state index contributed by atoms with van der Waals surface area (Å²) in [4.78, 5) is 38.7. The zero-order valence-electron chi connectivity index (χ0n) is 13.0. The second-order valence-electron chi connectivity index (χ2n) is 5.98. The monoisotopic (exact) mass is 328 g/mol. The number of carboxylic acid groups (broad SMARTS) is 1. The van der Waals surface area contributed by atoms with Crippen LogP contribution in [0.15, 0.2) is 0 Å². The van der Waals surface area contributed by atoms with E-state index in [2.05, 4.69) is 0 Å². The average Bonchev–Trinajstić information content (AvgIpc) is 3.32. The molecule has 0 bridgehead atoms. The standard InChI is InChI=1S/C15H24N2O4S/c1-11(15(20)21)17(12-5-6-12)14(19)10-22-9-13(18)16-7-3-2-4-8-16/h11-12H,2-10H2,1H3,(H,20,21). The number of hydrogen-bond acceptors (Lipinski definition) is 4. The third kappa shape index (κ3) is 4.63. The van der Waals surface area contributed by atoms with Crippen molar-refractivity contribution in [3.8, 4) is 0 Å². The minimum absolute atomic E-state index is 0.0667. The van der Waals surface area contributed by atoms with Crippen molar-refractivity contribution < 1.29 is 19.5 Å². The zero-order chi connectivity index (χ0) is 16.1. The van der Waals surface area contributed by atoms with E-state index in [1.165, 1.54) is 23.1 Å². The second kappa shape index (κ2) is 7.85. The highest BCUT2D eigenvalue weighted by molar-refractivity contribution is 8.00. The molecule has 1 saturated carbocycles. The van der Waals surface area contributed by atoms with Crippen LogP contribution in [0.2, 0.25) is 0 Å². The summed E-state index contributed by atoms with van der Waals surface area (Å²) < 4.78 is 0. The number of carboxylic acids is 1. The lowest BCUT2D eigenvalue weighted by Crippen LogP contribution is -2.45. The van der Waals surface area contributed by atoms with Crippen molar-refractivity contribution in [3.63, 3.8) is 0 Å². The van der Waals surface area contributed by atoms with E-state index in [4.69, 9.17) is 5.11 Å². The molecule has 1 heterocycles. The van der Waals surface area contributed by atoms with Crippen LogP contribution in [0.25, 0.3) is 0 Å². The van der Waals surface area contributed by atoms with Crippen LogP contribution in [-0.2, 0) is 14.4 Å². The van der Waals surface area contributed by atoms with Crippen molar-refractivity contribution >= 4 is 29.5 Å². The minimum Gasteiger partial charge on any atom is -0.480 e. The van der Waals surface area contributed by atoms with E-state index in [0.717, 1.165) is 38.8 Å². The number of aliphatic carboxylic acids is 1. The van der Waals surface area contributed by atoms with Gasteiger partial charge in [-0.2, -0.15) is 0 Å². The molecule has 1 aliphatic carbocycles. The molecule has 0 aromatic rings. The Hall–Kier alpha value is -1.24. The Morgan fingerprint density at radius 2 is 1.82 bits per heavy atom. The zero-order valence-corrected chi connectivity index (χ0v) is 13.8. The summed E-state index contributed by atoms with van der Waals surface area (Å²) in [5.41, 5.74) is 0. The lowest BCUT2D eigenvalue weighted by Gasteiger charge is -2.27. The van der Waals surface area contributed by atoms with Crippen molar-refractivity contribution in [2.75, 3.05) is 24.6 Å². The van der Waals surface area contributed by atoms with E-state index in [1.54, 1.807) is 6.92 Å². The molecule has 2 amide bonds. The molecule has 124 valence electrons. The van der Waals surface area contributed by atoms with Gasteiger partial charge < -0.3 is 14.9 Å². The van der Waals surface area contributed by atoms with Crippen molar-refractivity contribution in [2.24, 2.45) is 0 Å². The summed E-state index contributed by atoms with van der Waals surface area (Å²) in [7, 11) is 0. The molecule has 0 spiro atoms. The van der Waals surface area contributed by atoms with Crippen molar-refractivity contribution in [2.45, 2.75) is 51.1 Å². The van der Waals surface area contributed by atoms with Gasteiger partial charge in [0.25, 0.3) is 0 Å². The van der Waals surface area contributed by atoms with Crippen molar-refractivity contribution in [1.29, 1.82) is 0 Å². The molecule has 1 unspecified atom stereocenters. The summed E-state index contributed by atoms with van der Waals surface area (Å²) in [6, 6.07) is -0.726. The predicted molar refractivity (Wildman–Crippen MR) is 84.7 cm³/mol. The van der Waals surface area contributed by atoms with Crippen LogP contribution in [0.1, 0.15) is 39.0 Å². The minimum atomic E-state index is -0.977. The summed E-state index contributed by atoms with van der Waals surface area (Å²) in [6.45, 7) is 3.18. The predicted octanol–water partition coefficient (Wildman–Crippen LogP) is 1.20. The van der Waals surface area contributed by atoms with Gasteiger partial charge in [-0.05, 0) is 39.0 Å². The molecule has 0 aromatic heterocycles. The van der Waals surface area contributed by atoms with Crippen LogP contribution in [0.3, 0.4) is 0 Å². The van der Waals surface area contributed by atoms with Crippen LogP contribution in [0.5, 0.6) is 0 Å². The first kappa shape index (κ1) is 17.1. The number of likely N-dealkylation sites (tertiary alicyclic amines) is 1. The Balaban J connectivity index is 1.76. The topological polar surface area (TPSA) is 77.9 Å². The molecule has 2 fully saturated rings. The third-order valence-corrected chi connectivity index (χ3v) is 5.06. The van der Waals surface area contributed by atoms with Crippen LogP contribution < -0.4 is 0 Å². The van der Waals surface area contributed by atoms with Gasteiger partial charge in [0.15, 0.2) is 0 Å². The Morgan fingerprint density at radius 1 is 1.18 bits per heavy atom. The molecule has 22 heavy (non-hydrogen) atoms. The number of carbonyl (C=O) groups excluding carboxylic acids is 2. The van der Waals surface area contributed by atoms with Crippen molar-refractivity contribution in [1.82, 2.24) is 9.80 Å². The fraction of sp³-hybridized carbons (Fsp3) is 0.800. The molecule has 0 radical (unpaired) electrons. The molecule has 1 N–H and O–H groups in total. The Labute approximate surface area is 135 Å². The fourth-order valence-corrected chi connectivity index (χ4v) is 3.53. The first-order valence-corrected chi connectivity index (χ1v) is 9.05. The first-order valence-electron chi connectivity index (χ1n) is 7.90. The van der Waals surface area contributed by atoms with E-state index in [0.29, 0.717) is 5.75 Å². The molecule has 6 nitrogen and oxygen atoms in total. The first-order chi connectivity index (χ1) is 10.5. The maximum absolute atomic E-state index is 12.2. The third-order valence-electron chi connectivity index (χ3n) is 4.16. The van der Waals surface area contributed by atoms with Gasteiger partial charge in [0.2, 0.25) is 11.8 Å². The summed E-state index contributed by atoms with van der Waals surface area (Å²) in [5.74, 6) is -0.593.